The van der Waals surface area contributed by atoms with Crippen molar-refractivity contribution in [2.24, 2.45) is 0 Å². The zero-order valence-corrected chi connectivity index (χ0v) is 13.1. The number of aromatic nitrogens is 2. The Morgan fingerprint density at radius 1 is 1.36 bits per heavy atom. The van der Waals surface area contributed by atoms with E-state index in [0.29, 0.717) is 18.3 Å². The van der Waals surface area contributed by atoms with Gasteiger partial charge in [0.15, 0.2) is 0 Å². The lowest BCUT2D eigenvalue weighted by molar-refractivity contribution is -0.383. The van der Waals surface area contributed by atoms with Crippen molar-refractivity contribution in [1.82, 2.24) is 14.9 Å². The van der Waals surface area contributed by atoms with Gasteiger partial charge in [-0.3, -0.25) is 10.1 Å². The summed E-state index contributed by atoms with van der Waals surface area (Å²) in [6.07, 6.45) is 2.94. The van der Waals surface area contributed by atoms with Crippen LogP contribution in [0.5, 0.6) is 0 Å². The van der Waals surface area contributed by atoms with E-state index in [1.165, 1.54) is 0 Å². The number of anilines is 3. The van der Waals surface area contributed by atoms with Gasteiger partial charge >= 0.3 is 5.69 Å². The van der Waals surface area contributed by atoms with Crippen LogP contribution in [0.4, 0.5) is 23.3 Å². The fourth-order valence-electron chi connectivity index (χ4n) is 2.46. The van der Waals surface area contributed by atoms with Crippen molar-refractivity contribution in [2.75, 3.05) is 56.2 Å². The van der Waals surface area contributed by atoms with Gasteiger partial charge in [0.05, 0.1) is 4.92 Å². The SMILES string of the molecule is CN(C)CCCNc1nc(N)c([N+](=O)[O-])c(N2CCCC2)n1. The van der Waals surface area contributed by atoms with Crippen molar-refractivity contribution in [3.05, 3.63) is 10.1 Å². The Labute approximate surface area is 129 Å². The Bertz CT molecular complexity index is 529. The Kier molecular flexibility index (Phi) is 5.31. The van der Waals surface area contributed by atoms with Gasteiger partial charge in [-0.2, -0.15) is 9.97 Å². The highest BCUT2D eigenvalue weighted by molar-refractivity contribution is 5.71. The molecule has 9 nitrogen and oxygen atoms in total. The van der Waals surface area contributed by atoms with Crippen LogP contribution in [0.1, 0.15) is 19.3 Å². The van der Waals surface area contributed by atoms with E-state index in [-0.39, 0.29) is 11.5 Å². The summed E-state index contributed by atoms with van der Waals surface area (Å²) < 4.78 is 0. The topological polar surface area (TPSA) is 113 Å². The predicted octanol–water partition coefficient (Wildman–Crippen LogP) is 0.931. The molecule has 1 fully saturated rings. The van der Waals surface area contributed by atoms with Crippen LogP contribution in [0.2, 0.25) is 0 Å². The molecule has 2 rings (SSSR count). The molecule has 2 heterocycles. The fraction of sp³-hybridized carbons (Fsp3) is 0.692. The summed E-state index contributed by atoms with van der Waals surface area (Å²) in [5.41, 5.74) is 5.58. The molecule has 0 bridgehead atoms. The Balaban J connectivity index is 2.16. The van der Waals surface area contributed by atoms with Crippen molar-refractivity contribution < 1.29 is 4.92 Å². The number of rotatable bonds is 7. The number of hydrogen-bond acceptors (Lipinski definition) is 8. The van der Waals surface area contributed by atoms with Crippen molar-refractivity contribution in [1.29, 1.82) is 0 Å². The molecule has 3 N–H and O–H groups in total. The molecule has 0 spiro atoms. The molecular weight excluding hydrogens is 286 g/mol. The molecule has 1 aliphatic heterocycles. The molecule has 0 radical (unpaired) electrons. The third-order valence-electron chi connectivity index (χ3n) is 3.55. The molecule has 1 aliphatic rings. The number of nitro groups is 1. The average molecular weight is 309 g/mol. The first-order chi connectivity index (χ1) is 10.5. The van der Waals surface area contributed by atoms with E-state index >= 15 is 0 Å². The number of hydrogen-bond donors (Lipinski definition) is 2. The largest absolute Gasteiger partial charge is 0.378 e. The van der Waals surface area contributed by atoms with Gasteiger partial charge in [-0.1, -0.05) is 0 Å². The zero-order chi connectivity index (χ0) is 16.1. The summed E-state index contributed by atoms with van der Waals surface area (Å²) in [5, 5.41) is 14.3. The average Bonchev–Trinajstić information content (AvgIpc) is 2.96. The smallest absolute Gasteiger partial charge is 0.353 e. The van der Waals surface area contributed by atoms with Gasteiger partial charge in [0.2, 0.25) is 17.6 Å². The highest BCUT2D eigenvalue weighted by Crippen LogP contribution is 2.33. The van der Waals surface area contributed by atoms with E-state index < -0.39 is 4.92 Å². The van der Waals surface area contributed by atoms with Gasteiger partial charge in [-0.25, -0.2) is 0 Å². The second-order valence-electron chi connectivity index (χ2n) is 5.64. The molecule has 0 aromatic carbocycles. The van der Waals surface area contributed by atoms with Gasteiger partial charge in [-0.15, -0.1) is 0 Å². The van der Waals surface area contributed by atoms with Crippen LogP contribution in [0.25, 0.3) is 0 Å². The Morgan fingerprint density at radius 2 is 2.05 bits per heavy atom. The third kappa shape index (κ3) is 3.94. The van der Waals surface area contributed by atoms with Crippen LogP contribution >= 0.6 is 0 Å². The Hall–Kier alpha value is -2.16. The van der Waals surface area contributed by atoms with Crippen LogP contribution in [-0.2, 0) is 0 Å². The van der Waals surface area contributed by atoms with Crippen LogP contribution in [-0.4, -0.2) is 60.1 Å². The highest BCUT2D eigenvalue weighted by Gasteiger charge is 2.28. The van der Waals surface area contributed by atoms with Gasteiger partial charge in [-0.05, 0) is 39.9 Å². The van der Waals surface area contributed by atoms with Crippen LogP contribution in [0.15, 0.2) is 0 Å². The standard InChI is InChI=1S/C13H23N7O2/c1-18(2)7-5-6-15-13-16-11(14)10(20(21)22)12(17-13)19-8-3-4-9-19/h3-9H2,1-2H3,(H3,14,15,16,17). The van der Waals surface area contributed by atoms with Gasteiger partial charge < -0.3 is 20.9 Å². The minimum absolute atomic E-state index is 0.0861. The summed E-state index contributed by atoms with van der Waals surface area (Å²) in [5.74, 6) is 0.589. The zero-order valence-electron chi connectivity index (χ0n) is 13.1. The maximum atomic E-state index is 11.2. The lowest BCUT2D eigenvalue weighted by Gasteiger charge is -2.18. The molecule has 0 amide bonds. The molecule has 1 aromatic heterocycles. The summed E-state index contributed by atoms with van der Waals surface area (Å²) in [6.45, 7) is 3.15. The molecular formula is C13H23N7O2. The van der Waals surface area contributed by atoms with Gasteiger partial charge in [0.25, 0.3) is 0 Å². The van der Waals surface area contributed by atoms with Gasteiger partial charge in [0.1, 0.15) is 0 Å². The van der Waals surface area contributed by atoms with E-state index in [2.05, 4.69) is 20.2 Å². The maximum Gasteiger partial charge on any atom is 0.353 e. The first-order valence-electron chi connectivity index (χ1n) is 7.44. The fourth-order valence-corrected chi connectivity index (χ4v) is 2.46. The summed E-state index contributed by atoms with van der Waals surface area (Å²) in [7, 11) is 4.01. The molecule has 9 heteroatoms. The number of nitrogen functional groups attached to an aromatic ring is 1. The summed E-state index contributed by atoms with van der Waals surface area (Å²) >= 11 is 0. The molecule has 122 valence electrons. The number of nitrogens with one attached hydrogen (secondary N) is 1. The first kappa shape index (κ1) is 16.2. The van der Waals surface area contributed by atoms with Crippen molar-refractivity contribution >= 4 is 23.3 Å². The molecule has 0 saturated carbocycles. The minimum Gasteiger partial charge on any atom is -0.378 e. The third-order valence-corrected chi connectivity index (χ3v) is 3.55. The highest BCUT2D eigenvalue weighted by atomic mass is 16.6. The summed E-state index contributed by atoms with van der Waals surface area (Å²) in [4.78, 5) is 23.1. The van der Waals surface area contributed by atoms with E-state index in [0.717, 1.165) is 38.9 Å². The second kappa shape index (κ2) is 7.21. The lowest BCUT2D eigenvalue weighted by atomic mass is 10.4. The Morgan fingerprint density at radius 3 is 2.64 bits per heavy atom. The molecule has 0 unspecified atom stereocenters. The first-order valence-corrected chi connectivity index (χ1v) is 7.44. The molecule has 22 heavy (non-hydrogen) atoms. The van der Waals surface area contributed by atoms with E-state index in [1.54, 1.807) is 0 Å². The maximum absolute atomic E-state index is 11.2. The van der Waals surface area contributed by atoms with Crippen LogP contribution in [0, 0.1) is 10.1 Å². The summed E-state index contributed by atoms with van der Waals surface area (Å²) in [6, 6.07) is 0. The van der Waals surface area contributed by atoms with Crippen LogP contribution < -0.4 is 16.0 Å². The lowest BCUT2D eigenvalue weighted by Crippen LogP contribution is -2.23. The van der Waals surface area contributed by atoms with Crippen molar-refractivity contribution in [3.8, 4) is 0 Å². The molecule has 0 aliphatic carbocycles. The number of nitrogens with two attached hydrogens (primary N) is 1. The monoisotopic (exact) mass is 309 g/mol. The minimum atomic E-state index is -0.501. The van der Waals surface area contributed by atoms with Crippen LogP contribution in [0.3, 0.4) is 0 Å². The quantitative estimate of drug-likeness (QED) is 0.434. The molecule has 1 aromatic rings. The normalized spacial score (nSPS) is 14.6. The van der Waals surface area contributed by atoms with Gasteiger partial charge in [0, 0.05) is 19.6 Å². The predicted molar refractivity (Wildman–Crippen MR) is 86.2 cm³/mol. The van der Waals surface area contributed by atoms with E-state index in [4.69, 9.17) is 5.73 Å². The van der Waals surface area contributed by atoms with E-state index in [9.17, 15) is 10.1 Å². The molecule has 1 saturated heterocycles. The molecule has 0 atom stereocenters. The second-order valence-corrected chi connectivity index (χ2v) is 5.64. The van der Waals surface area contributed by atoms with Crippen molar-refractivity contribution in [2.45, 2.75) is 19.3 Å². The van der Waals surface area contributed by atoms with E-state index in [1.807, 2.05) is 19.0 Å². The number of nitrogens with zero attached hydrogens (tertiary/aromatic N) is 5. The van der Waals surface area contributed by atoms with Crippen molar-refractivity contribution in [3.63, 3.8) is 0 Å².